The number of carbonyl (C=O) groups excluding carboxylic acids is 1. The van der Waals surface area contributed by atoms with Crippen molar-refractivity contribution in [3.63, 3.8) is 0 Å². The van der Waals surface area contributed by atoms with Crippen LogP contribution in [0.15, 0.2) is 0 Å². The monoisotopic (exact) mass is 246 g/mol. The van der Waals surface area contributed by atoms with Crippen LogP contribution in [0.5, 0.6) is 0 Å². The summed E-state index contributed by atoms with van der Waals surface area (Å²) < 4.78 is 0. The molecule has 1 amide bonds. The van der Waals surface area contributed by atoms with E-state index in [2.05, 4.69) is 0 Å². The van der Waals surface area contributed by atoms with Crippen molar-refractivity contribution in [1.82, 2.24) is 4.90 Å². The van der Waals surface area contributed by atoms with Crippen LogP contribution in [0, 0.1) is 11.8 Å². The van der Waals surface area contributed by atoms with Crippen LogP contribution in [0.25, 0.3) is 0 Å². The summed E-state index contributed by atoms with van der Waals surface area (Å²) in [6, 6.07) is 0. The van der Waals surface area contributed by atoms with Gasteiger partial charge >= 0.3 is 0 Å². The molecular weight excluding hydrogens is 228 g/mol. The lowest BCUT2D eigenvalue weighted by Gasteiger charge is -2.24. The van der Waals surface area contributed by atoms with Crippen LogP contribution in [0.1, 0.15) is 13.8 Å². The quantitative estimate of drug-likeness (QED) is 0.562. The SMILES string of the molecule is CC(C)C(C(=O)N1CC(O)C(O)C1)C(N)=S. The zero-order chi connectivity index (χ0) is 12.5. The average molecular weight is 246 g/mol. The van der Waals surface area contributed by atoms with Crippen molar-refractivity contribution in [1.29, 1.82) is 0 Å². The Hall–Kier alpha value is -0.720. The minimum absolute atomic E-state index is 0.0138. The van der Waals surface area contributed by atoms with Gasteiger partial charge in [0.1, 0.15) is 0 Å². The smallest absolute Gasteiger partial charge is 0.232 e. The number of amides is 1. The number of thiocarbonyl (C=S) groups is 1. The molecule has 1 rings (SSSR count). The molecule has 16 heavy (non-hydrogen) atoms. The summed E-state index contributed by atoms with van der Waals surface area (Å²) in [5.74, 6) is -0.717. The van der Waals surface area contributed by atoms with Gasteiger partial charge in [-0.2, -0.15) is 0 Å². The number of nitrogens with zero attached hydrogens (tertiary/aromatic N) is 1. The molecule has 1 aliphatic heterocycles. The summed E-state index contributed by atoms with van der Waals surface area (Å²) in [5, 5.41) is 18.7. The van der Waals surface area contributed by atoms with Crippen LogP contribution in [0.3, 0.4) is 0 Å². The van der Waals surface area contributed by atoms with Crippen molar-refractivity contribution >= 4 is 23.1 Å². The number of nitrogens with two attached hydrogens (primary N) is 1. The zero-order valence-electron chi connectivity index (χ0n) is 9.46. The van der Waals surface area contributed by atoms with E-state index in [0.29, 0.717) is 0 Å². The van der Waals surface area contributed by atoms with Gasteiger partial charge in [0, 0.05) is 13.1 Å². The number of hydrogen-bond donors (Lipinski definition) is 3. The molecule has 6 heteroatoms. The molecule has 3 atom stereocenters. The van der Waals surface area contributed by atoms with Gasteiger partial charge in [0.05, 0.1) is 23.1 Å². The fraction of sp³-hybridized carbons (Fsp3) is 0.800. The van der Waals surface area contributed by atoms with Gasteiger partial charge in [-0.15, -0.1) is 0 Å². The number of carbonyl (C=O) groups is 1. The minimum Gasteiger partial charge on any atom is -0.393 e. The Morgan fingerprint density at radius 1 is 1.38 bits per heavy atom. The Morgan fingerprint density at radius 3 is 2.12 bits per heavy atom. The molecule has 0 saturated carbocycles. The van der Waals surface area contributed by atoms with Gasteiger partial charge in [-0.05, 0) is 5.92 Å². The summed E-state index contributed by atoms with van der Waals surface area (Å²) in [4.78, 5) is 13.6. The van der Waals surface area contributed by atoms with E-state index in [9.17, 15) is 15.0 Å². The van der Waals surface area contributed by atoms with Crippen LogP contribution in [-0.2, 0) is 4.79 Å². The van der Waals surface area contributed by atoms with E-state index < -0.39 is 18.1 Å². The second-order valence-electron chi connectivity index (χ2n) is 4.50. The van der Waals surface area contributed by atoms with Crippen LogP contribution >= 0.6 is 12.2 Å². The molecule has 4 N–H and O–H groups in total. The molecule has 0 bridgehead atoms. The number of aliphatic hydroxyl groups excluding tert-OH is 2. The predicted molar refractivity (Wildman–Crippen MR) is 63.7 cm³/mol. The molecule has 1 heterocycles. The molecule has 3 unspecified atom stereocenters. The second-order valence-corrected chi connectivity index (χ2v) is 4.97. The van der Waals surface area contributed by atoms with Crippen molar-refractivity contribution in [2.45, 2.75) is 26.1 Å². The Bertz CT molecular complexity index is 286. The molecule has 1 saturated heterocycles. The molecule has 0 aromatic rings. The molecule has 0 radical (unpaired) electrons. The lowest BCUT2D eigenvalue weighted by Crippen LogP contribution is -2.43. The fourth-order valence-electron chi connectivity index (χ4n) is 1.88. The molecule has 92 valence electrons. The predicted octanol–water partition coefficient (Wildman–Crippen LogP) is -0.891. The maximum Gasteiger partial charge on any atom is 0.232 e. The summed E-state index contributed by atoms with van der Waals surface area (Å²) in [5.41, 5.74) is 5.53. The second kappa shape index (κ2) is 5.07. The number of hydrogen-bond acceptors (Lipinski definition) is 4. The van der Waals surface area contributed by atoms with E-state index in [4.69, 9.17) is 18.0 Å². The number of rotatable bonds is 3. The van der Waals surface area contributed by atoms with Gasteiger partial charge in [-0.3, -0.25) is 4.79 Å². The Morgan fingerprint density at radius 2 is 1.81 bits per heavy atom. The molecule has 0 aromatic heterocycles. The first-order chi connectivity index (χ1) is 7.34. The summed E-state index contributed by atoms with van der Waals surface area (Å²) >= 11 is 4.87. The van der Waals surface area contributed by atoms with Crippen molar-refractivity contribution in [2.24, 2.45) is 17.6 Å². The lowest BCUT2D eigenvalue weighted by atomic mass is 9.94. The largest absolute Gasteiger partial charge is 0.393 e. The third-order valence-electron chi connectivity index (χ3n) is 2.81. The normalized spacial score (nSPS) is 27.2. The van der Waals surface area contributed by atoms with Crippen molar-refractivity contribution < 1.29 is 15.0 Å². The number of likely N-dealkylation sites (tertiary alicyclic amines) is 1. The van der Waals surface area contributed by atoms with Crippen LogP contribution in [-0.4, -0.2) is 51.3 Å². The highest BCUT2D eigenvalue weighted by atomic mass is 32.1. The first-order valence-corrected chi connectivity index (χ1v) is 5.69. The average Bonchev–Trinajstić information content (AvgIpc) is 2.45. The molecular formula is C10H18N2O3S. The van der Waals surface area contributed by atoms with Crippen LogP contribution in [0.2, 0.25) is 0 Å². The third kappa shape index (κ3) is 2.69. The summed E-state index contributed by atoms with van der Waals surface area (Å²) in [7, 11) is 0. The fourth-order valence-corrected chi connectivity index (χ4v) is 2.25. The van der Waals surface area contributed by atoms with E-state index in [1.165, 1.54) is 4.90 Å². The Labute approximate surface area is 100 Å². The highest BCUT2D eigenvalue weighted by Crippen LogP contribution is 2.19. The Kier molecular flexibility index (Phi) is 4.23. The minimum atomic E-state index is -0.872. The van der Waals surface area contributed by atoms with E-state index in [-0.39, 0.29) is 29.9 Å². The topological polar surface area (TPSA) is 86.8 Å². The van der Waals surface area contributed by atoms with Gasteiger partial charge in [0.15, 0.2) is 0 Å². The number of β-amino-alcohol motifs (C(OH)–C–C–N with tert-alkyl or cyclic N) is 2. The third-order valence-corrected chi connectivity index (χ3v) is 3.06. The Balaban J connectivity index is 2.73. The molecule has 5 nitrogen and oxygen atoms in total. The van der Waals surface area contributed by atoms with Crippen molar-refractivity contribution in [3.05, 3.63) is 0 Å². The first-order valence-electron chi connectivity index (χ1n) is 5.28. The highest BCUT2D eigenvalue weighted by molar-refractivity contribution is 7.80. The molecule has 0 aromatic carbocycles. The standard InChI is InChI=1S/C10H18N2O3S/c1-5(2)8(9(11)16)10(15)12-3-6(13)7(14)4-12/h5-8,13-14H,3-4H2,1-2H3,(H2,11,16). The van der Waals surface area contributed by atoms with E-state index >= 15 is 0 Å². The van der Waals surface area contributed by atoms with Gasteiger partial charge in [-0.1, -0.05) is 26.1 Å². The molecule has 1 fully saturated rings. The van der Waals surface area contributed by atoms with E-state index in [1.807, 2.05) is 13.8 Å². The highest BCUT2D eigenvalue weighted by Gasteiger charge is 2.37. The van der Waals surface area contributed by atoms with Gasteiger partial charge in [-0.25, -0.2) is 0 Å². The van der Waals surface area contributed by atoms with Crippen molar-refractivity contribution in [2.75, 3.05) is 13.1 Å². The van der Waals surface area contributed by atoms with Gasteiger partial charge in [0.25, 0.3) is 0 Å². The van der Waals surface area contributed by atoms with Gasteiger partial charge in [0.2, 0.25) is 5.91 Å². The molecule has 0 spiro atoms. The summed E-state index contributed by atoms with van der Waals surface area (Å²) in [6.45, 7) is 4.02. The van der Waals surface area contributed by atoms with E-state index in [1.54, 1.807) is 0 Å². The molecule has 0 aliphatic carbocycles. The maximum absolute atomic E-state index is 12.1. The van der Waals surface area contributed by atoms with E-state index in [0.717, 1.165) is 0 Å². The lowest BCUT2D eigenvalue weighted by molar-refractivity contribution is -0.133. The zero-order valence-corrected chi connectivity index (χ0v) is 10.3. The molecule has 1 aliphatic rings. The summed E-state index contributed by atoms with van der Waals surface area (Å²) in [6.07, 6.45) is -1.74. The number of aliphatic hydroxyl groups is 2. The van der Waals surface area contributed by atoms with Crippen LogP contribution < -0.4 is 5.73 Å². The van der Waals surface area contributed by atoms with Gasteiger partial charge < -0.3 is 20.8 Å². The maximum atomic E-state index is 12.1. The van der Waals surface area contributed by atoms with Crippen molar-refractivity contribution in [3.8, 4) is 0 Å². The first kappa shape index (κ1) is 13.3. The van der Waals surface area contributed by atoms with Crippen LogP contribution in [0.4, 0.5) is 0 Å².